The summed E-state index contributed by atoms with van der Waals surface area (Å²) in [6, 6.07) is 8.87. The first-order valence-corrected chi connectivity index (χ1v) is 7.03. The summed E-state index contributed by atoms with van der Waals surface area (Å²) in [7, 11) is 2.11. The summed E-state index contributed by atoms with van der Waals surface area (Å²) < 4.78 is 0. The number of aliphatic hydroxyl groups excluding tert-OH is 1. The van der Waals surface area contributed by atoms with Gasteiger partial charge in [-0.15, -0.1) is 0 Å². The summed E-state index contributed by atoms with van der Waals surface area (Å²) in [6.45, 7) is 12.9. The fraction of sp³-hybridized carbons (Fsp3) is 0.647. The highest BCUT2D eigenvalue weighted by molar-refractivity contribution is 5.27. The molecule has 1 rings (SSSR count). The lowest BCUT2D eigenvalue weighted by atomic mass is 9.86. The molecule has 2 heteroatoms. The van der Waals surface area contributed by atoms with Crippen molar-refractivity contribution in [3.8, 4) is 0 Å². The lowest BCUT2D eigenvalue weighted by molar-refractivity contribution is 0.112. The summed E-state index contributed by atoms with van der Waals surface area (Å²) in [6.07, 6.45) is 0. The van der Waals surface area contributed by atoms with Gasteiger partial charge in [-0.05, 0) is 23.6 Å². The molecule has 0 aliphatic heterocycles. The van der Waals surface area contributed by atoms with Crippen molar-refractivity contribution in [3.63, 3.8) is 0 Å². The van der Waals surface area contributed by atoms with Crippen LogP contribution in [0.15, 0.2) is 24.3 Å². The van der Waals surface area contributed by atoms with Gasteiger partial charge in [0.25, 0.3) is 0 Å². The zero-order valence-corrected chi connectivity index (χ0v) is 13.3. The van der Waals surface area contributed by atoms with Gasteiger partial charge in [-0.1, -0.05) is 58.9 Å². The monoisotopic (exact) mass is 263 g/mol. The molecule has 108 valence electrons. The minimum Gasteiger partial charge on any atom is -0.396 e. The molecule has 0 saturated heterocycles. The third-order valence-corrected chi connectivity index (χ3v) is 3.40. The van der Waals surface area contributed by atoms with E-state index in [-0.39, 0.29) is 17.4 Å². The van der Waals surface area contributed by atoms with Gasteiger partial charge in [-0.3, -0.25) is 0 Å². The van der Waals surface area contributed by atoms with Gasteiger partial charge in [-0.25, -0.2) is 0 Å². The SMILES string of the molecule is CN(Cc1ccc(C(C)(C)C)cc1)CC(C)(C)CO. The molecule has 0 aliphatic carbocycles. The number of aliphatic hydroxyl groups is 1. The summed E-state index contributed by atoms with van der Waals surface area (Å²) in [5.41, 5.74) is 2.86. The maximum Gasteiger partial charge on any atom is 0.0494 e. The van der Waals surface area contributed by atoms with Gasteiger partial charge in [-0.2, -0.15) is 0 Å². The fourth-order valence-electron chi connectivity index (χ4n) is 2.26. The molecule has 0 saturated carbocycles. The van der Waals surface area contributed by atoms with Gasteiger partial charge >= 0.3 is 0 Å². The summed E-state index contributed by atoms with van der Waals surface area (Å²) in [5.74, 6) is 0. The van der Waals surface area contributed by atoms with Crippen molar-refractivity contribution in [1.82, 2.24) is 4.90 Å². The summed E-state index contributed by atoms with van der Waals surface area (Å²) in [4.78, 5) is 2.27. The van der Waals surface area contributed by atoms with Crippen molar-refractivity contribution in [3.05, 3.63) is 35.4 Å². The van der Waals surface area contributed by atoms with Crippen LogP contribution in [0.2, 0.25) is 0 Å². The normalized spacial score (nSPS) is 13.1. The molecule has 0 bridgehead atoms. The second kappa shape index (κ2) is 6.06. The topological polar surface area (TPSA) is 23.5 Å². The van der Waals surface area contributed by atoms with E-state index in [1.165, 1.54) is 11.1 Å². The quantitative estimate of drug-likeness (QED) is 0.879. The minimum absolute atomic E-state index is 0.0416. The molecule has 1 N–H and O–H groups in total. The maximum absolute atomic E-state index is 9.31. The van der Waals surface area contributed by atoms with Crippen molar-refractivity contribution in [2.24, 2.45) is 5.41 Å². The Morgan fingerprint density at radius 3 is 1.95 bits per heavy atom. The van der Waals surface area contributed by atoms with Gasteiger partial charge in [0, 0.05) is 25.1 Å². The van der Waals surface area contributed by atoms with Crippen LogP contribution in [0.5, 0.6) is 0 Å². The van der Waals surface area contributed by atoms with Crippen LogP contribution in [-0.2, 0) is 12.0 Å². The molecular formula is C17H29NO. The van der Waals surface area contributed by atoms with E-state index in [1.54, 1.807) is 0 Å². The van der Waals surface area contributed by atoms with Gasteiger partial charge < -0.3 is 10.0 Å². The van der Waals surface area contributed by atoms with Crippen LogP contribution < -0.4 is 0 Å². The number of hydrogen-bond donors (Lipinski definition) is 1. The van der Waals surface area contributed by atoms with E-state index in [0.29, 0.717) is 0 Å². The lowest BCUT2D eigenvalue weighted by Gasteiger charge is -2.28. The molecule has 0 aliphatic rings. The highest BCUT2D eigenvalue weighted by atomic mass is 16.3. The first-order valence-electron chi connectivity index (χ1n) is 7.03. The van der Waals surface area contributed by atoms with Crippen LogP contribution in [0.25, 0.3) is 0 Å². The third kappa shape index (κ3) is 5.33. The van der Waals surface area contributed by atoms with Gasteiger partial charge in [0.1, 0.15) is 0 Å². The second-order valence-corrected chi connectivity index (χ2v) is 7.44. The van der Waals surface area contributed by atoms with Crippen molar-refractivity contribution >= 4 is 0 Å². The standard InChI is InChI=1S/C17H29NO/c1-16(2,3)15-9-7-14(8-10-15)11-18(6)12-17(4,5)13-19/h7-10,19H,11-13H2,1-6H3. The van der Waals surface area contributed by atoms with E-state index in [0.717, 1.165) is 13.1 Å². The average molecular weight is 263 g/mol. The molecule has 19 heavy (non-hydrogen) atoms. The Balaban J connectivity index is 2.63. The molecule has 0 heterocycles. The molecule has 0 radical (unpaired) electrons. The van der Waals surface area contributed by atoms with Crippen LogP contribution in [-0.4, -0.2) is 30.2 Å². The molecular weight excluding hydrogens is 234 g/mol. The fourth-order valence-corrected chi connectivity index (χ4v) is 2.26. The van der Waals surface area contributed by atoms with Crippen LogP contribution in [0.3, 0.4) is 0 Å². The Kier molecular flexibility index (Phi) is 5.17. The predicted molar refractivity (Wildman–Crippen MR) is 82.3 cm³/mol. The zero-order valence-electron chi connectivity index (χ0n) is 13.3. The van der Waals surface area contributed by atoms with Crippen molar-refractivity contribution in [2.45, 2.75) is 46.6 Å². The van der Waals surface area contributed by atoms with Gasteiger partial charge in [0.05, 0.1) is 0 Å². The number of rotatable bonds is 5. The van der Waals surface area contributed by atoms with Gasteiger partial charge in [0.15, 0.2) is 0 Å². The van der Waals surface area contributed by atoms with Crippen LogP contribution >= 0.6 is 0 Å². The molecule has 0 amide bonds. The van der Waals surface area contributed by atoms with Crippen LogP contribution in [0.4, 0.5) is 0 Å². The number of nitrogens with zero attached hydrogens (tertiary/aromatic N) is 1. The van der Waals surface area contributed by atoms with Crippen LogP contribution in [0, 0.1) is 5.41 Å². The van der Waals surface area contributed by atoms with E-state index in [9.17, 15) is 5.11 Å². The van der Waals surface area contributed by atoms with E-state index in [2.05, 4.69) is 70.8 Å². The molecule has 2 nitrogen and oxygen atoms in total. The Morgan fingerprint density at radius 2 is 1.53 bits per heavy atom. The highest BCUT2D eigenvalue weighted by Crippen LogP contribution is 2.23. The average Bonchev–Trinajstić information content (AvgIpc) is 2.27. The number of benzene rings is 1. The lowest BCUT2D eigenvalue weighted by Crippen LogP contribution is -2.33. The van der Waals surface area contributed by atoms with E-state index < -0.39 is 0 Å². The molecule has 0 aromatic heterocycles. The number of hydrogen-bond acceptors (Lipinski definition) is 2. The molecule has 0 spiro atoms. The Hall–Kier alpha value is -0.860. The molecule has 1 aromatic rings. The first-order chi connectivity index (χ1) is 8.64. The summed E-state index contributed by atoms with van der Waals surface area (Å²) in [5, 5.41) is 9.31. The smallest absolute Gasteiger partial charge is 0.0494 e. The Labute approximate surface area is 118 Å². The van der Waals surface area contributed by atoms with E-state index in [1.807, 2.05) is 0 Å². The zero-order chi connectivity index (χ0) is 14.7. The highest BCUT2D eigenvalue weighted by Gasteiger charge is 2.19. The van der Waals surface area contributed by atoms with Crippen molar-refractivity contribution in [1.29, 1.82) is 0 Å². The maximum atomic E-state index is 9.31. The molecule has 0 atom stereocenters. The van der Waals surface area contributed by atoms with E-state index in [4.69, 9.17) is 0 Å². The largest absolute Gasteiger partial charge is 0.396 e. The predicted octanol–water partition coefficient (Wildman–Crippen LogP) is 3.43. The first kappa shape index (κ1) is 16.2. The Bertz CT molecular complexity index is 387. The Morgan fingerprint density at radius 1 is 1.00 bits per heavy atom. The van der Waals surface area contributed by atoms with Crippen LogP contribution in [0.1, 0.15) is 45.7 Å². The van der Waals surface area contributed by atoms with Gasteiger partial charge in [0.2, 0.25) is 0 Å². The molecule has 0 fully saturated rings. The molecule has 0 unspecified atom stereocenters. The summed E-state index contributed by atoms with van der Waals surface area (Å²) >= 11 is 0. The third-order valence-electron chi connectivity index (χ3n) is 3.40. The minimum atomic E-state index is -0.0416. The van der Waals surface area contributed by atoms with Crippen molar-refractivity contribution < 1.29 is 5.11 Å². The molecule has 1 aromatic carbocycles. The second-order valence-electron chi connectivity index (χ2n) is 7.44. The van der Waals surface area contributed by atoms with E-state index >= 15 is 0 Å². The van der Waals surface area contributed by atoms with Crippen molar-refractivity contribution in [2.75, 3.05) is 20.2 Å².